The molecule has 0 radical (unpaired) electrons. The molecule has 0 aliphatic heterocycles. The Bertz CT molecular complexity index is 401. The Morgan fingerprint density at radius 3 is 2.31 bits per heavy atom. The van der Waals surface area contributed by atoms with E-state index in [1.165, 1.54) is 0 Å². The van der Waals surface area contributed by atoms with E-state index in [9.17, 15) is 13.2 Å². The first-order valence-electron chi connectivity index (χ1n) is 4.87. The molecule has 1 saturated carbocycles. The topological polar surface area (TPSA) is 115 Å². The first-order valence-corrected chi connectivity index (χ1v) is 6.99. The molecule has 1 rings (SSSR count). The fraction of sp³-hybridized carbons (Fsp3) is 0.750. The second-order valence-corrected chi connectivity index (χ2v) is 6.10. The van der Waals surface area contributed by atoms with Crippen molar-refractivity contribution < 1.29 is 13.2 Å². The number of nitrogens with one attached hydrogen (secondary N) is 1. The quantitative estimate of drug-likeness (QED) is 0.543. The van der Waals surface area contributed by atoms with Gasteiger partial charge in [0.15, 0.2) is 0 Å². The lowest BCUT2D eigenvalue weighted by atomic mass is 9.68. The molecule has 1 aliphatic rings. The van der Waals surface area contributed by atoms with Crippen molar-refractivity contribution in [3.05, 3.63) is 0 Å². The predicted molar refractivity (Wildman–Crippen MR) is 64.1 cm³/mol. The highest BCUT2D eigenvalue weighted by molar-refractivity contribution is 7.89. The number of nitrogens with two attached hydrogens (primary N) is 2. The molecule has 1 aliphatic carbocycles. The summed E-state index contributed by atoms with van der Waals surface area (Å²) in [7, 11) is -3.55. The summed E-state index contributed by atoms with van der Waals surface area (Å²) in [5.74, 6) is -0.582. The Morgan fingerprint density at radius 1 is 1.44 bits per heavy atom. The van der Waals surface area contributed by atoms with Crippen LogP contribution in [-0.4, -0.2) is 31.6 Å². The molecule has 1 amide bonds. The largest absolute Gasteiger partial charge is 0.392 e. The molecular formula is C8H15N3O3S2. The SMILES string of the molecule is NC(=S)C1(C(=O)NCCS(N)(=O)=O)CCC1. The van der Waals surface area contributed by atoms with E-state index in [1.807, 2.05) is 0 Å². The summed E-state index contributed by atoms with van der Waals surface area (Å²) in [6.07, 6.45) is 2.16. The van der Waals surface area contributed by atoms with Gasteiger partial charge in [-0.15, -0.1) is 0 Å². The number of carbonyl (C=O) groups is 1. The first-order chi connectivity index (χ1) is 7.28. The fourth-order valence-corrected chi connectivity index (χ4v) is 2.28. The molecule has 0 bridgehead atoms. The van der Waals surface area contributed by atoms with Crippen molar-refractivity contribution in [3.8, 4) is 0 Å². The number of amides is 1. The Kier molecular flexibility index (Phi) is 3.87. The van der Waals surface area contributed by atoms with Crippen molar-refractivity contribution in [2.75, 3.05) is 12.3 Å². The molecule has 0 saturated heterocycles. The van der Waals surface area contributed by atoms with Crippen LogP contribution < -0.4 is 16.2 Å². The van der Waals surface area contributed by atoms with Crippen LogP contribution in [0.3, 0.4) is 0 Å². The summed E-state index contributed by atoms with van der Waals surface area (Å²) in [5.41, 5.74) is 4.75. The molecule has 0 spiro atoms. The highest BCUT2D eigenvalue weighted by atomic mass is 32.2. The third-order valence-electron chi connectivity index (χ3n) is 2.79. The van der Waals surface area contributed by atoms with E-state index < -0.39 is 15.4 Å². The van der Waals surface area contributed by atoms with Gasteiger partial charge in [0.1, 0.15) is 0 Å². The monoisotopic (exact) mass is 265 g/mol. The lowest BCUT2D eigenvalue weighted by Gasteiger charge is -2.39. The van der Waals surface area contributed by atoms with Crippen LogP contribution >= 0.6 is 12.2 Å². The summed E-state index contributed by atoms with van der Waals surface area (Å²) >= 11 is 4.85. The number of sulfonamides is 1. The average Bonchev–Trinajstić information content (AvgIpc) is 1.97. The lowest BCUT2D eigenvalue weighted by Crippen LogP contribution is -2.53. The summed E-state index contributed by atoms with van der Waals surface area (Å²) in [4.78, 5) is 11.9. The van der Waals surface area contributed by atoms with E-state index >= 15 is 0 Å². The summed E-state index contributed by atoms with van der Waals surface area (Å²) in [5, 5.41) is 7.31. The molecule has 5 N–H and O–H groups in total. The van der Waals surface area contributed by atoms with Crippen molar-refractivity contribution in [3.63, 3.8) is 0 Å². The number of hydrogen-bond acceptors (Lipinski definition) is 4. The van der Waals surface area contributed by atoms with Gasteiger partial charge in [-0.25, -0.2) is 13.6 Å². The van der Waals surface area contributed by atoms with Crippen LogP contribution in [0.4, 0.5) is 0 Å². The smallest absolute Gasteiger partial charge is 0.233 e. The minimum absolute atomic E-state index is 0.0119. The Hall–Kier alpha value is -0.730. The molecule has 8 heteroatoms. The molecule has 0 unspecified atom stereocenters. The summed E-state index contributed by atoms with van der Waals surface area (Å²) < 4.78 is 21.3. The van der Waals surface area contributed by atoms with Crippen LogP contribution in [0.1, 0.15) is 19.3 Å². The minimum atomic E-state index is -3.55. The van der Waals surface area contributed by atoms with Gasteiger partial charge < -0.3 is 11.1 Å². The Balaban J connectivity index is 2.49. The highest BCUT2D eigenvalue weighted by Crippen LogP contribution is 2.41. The van der Waals surface area contributed by atoms with Gasteiger partial charge in [0.05, 0.1) is 16.2 Å². The number of rotatable bonds is 5. The Morgan fingerprint density at radius 2 is 2.00 bits per heavy atom. The Labute approximate surface area is 99.8 Å². The molecule has 92 valence electrons. The first kappa shape index (κ1) is 13.3. The van der Waals surface area contributed by atoms with E-state index in [2.05, 4.69) is 5.32 Å². The van der Waals surface area contributed by atoms with Gasteiger partial charge in [-0.05, 0) is 12.8 Å². The van der Waals surface area contributed by atoms with E-state index in [1.54, 1.807) is 0 Å². The van der Waals surface area contributed by atoms with Crippen LogP contribution in [0.15, 0.2) is 0 Å². The van der Waals surface area contributed by atoms with E-state index in [0.717, 1.165) is 6.42 Å². The third-order valence-corrected chi connectivity index (χ3v) is 3.95. The number of carbonyl (C=O) groups excluding carboxylic acids is 1. The molecule has 0 aromatic heterocycles. The van der Waals surface area contributed by atoms with Gasteiger partial charge in [0.25, 0.3) is 0 Å². The van der Waals surface area contributed by atoms with E-state index in [0.29, 0.717) is 12.8 Å². The van der Waals surface area contributed by atoms with Gasteiger partial charge >= 0.3 is 0 Å². The van der Waals surface area contributed by atoms with Gasteiger partial charge in [-0.3, -0.25) is 4.79 Å². The van der Waals surface area contributed by atoms with Crippen molar-refractivity contribution >= 4 is 33.1 Å². The maximum Gasteiger partial charge on any atom is 0.233 e. The van der Waals surface area contributed by atoms with Crippen LogP contribution in [0.2, 0.25) is 0 Å². The maximum atomic E-state index is 11.8. The molecule has 1 fully saturated rings. The van der Waals surface area contributed by atoms with Crippen LogP contribution in [-0.2, 0) is 14.8 Å². The van der Waals surface area contributed by atoms with Crippen molar-refractivity contribution in [1.29, 1.82) is 0 Å². The molecule has 0 atom stereocenters. The normalized spacial score (nSPS) is 18.6. The van der Waals surface area contributed by atoms with Crippen LogP contribution in [0.25, 0.3) is 0 Å². The predicted octanol–water partition coefficient (Wildman–Crippen LogP) is -1.15. The van der Waals surface area contributed by atoms with Gasteiger partial charge in [0, 0.05) is 6.54 Å². The fourth-order valence-electron chi connectivity index (χ4n) is 1.59. The van der Waals surface area contributed by atoms with E-state index in [4.69, 9.17) is 23.1 Å². The minimum Gasteiger partial charge on any atom is -0.392 e. The maximum absolute atomic E-state index is 11.8. The van der Waals surface area contributed by atoms with Crippen molar-refractivity contribution in [1.82, 2.24) is 5.32 Å². The number of hydrogen-bond donors (Lipinski definition) is 3. The zero-order valence-corrected chi connectivity index (χ0v) is 10.4. The second kappa shape index (κ2) is 4.64. The van der Waals surface area contributed by atoms with Crippen LogP contribution in [0, 0.1) is 5.41 Å². The molecule has 6 nitrogen and oxygen atoms in total. The van der Waals surface area contributed by atoms with Crippen molar-refractivity contribution in [2.45, 2.75) is 19.3 Å². The highest BCUT2D eigenvalue weighted by Gasteiger charge is 2.46. The standard InChI is InChI=1S/C8H15N3O3S2/c9-6(15)8(2-1-3-8)7(12)11-4-5-16(10,13)14/h1-5H2,(H2,9,15)(H,11,12)(H2,10,13,14). The van der Waals surface area contributed by atoms with Gasteiger partial charge in [0.2, 0.25) is 15.9 Å². The summed E-state index contributed by atoms with van der Waals surface area (Å²) in [6, 6.07) is 0. The zero-order valence-electron chi connectivity index (χ0n) is 8.73. The molecule has 0 aromatic carbocycles. The number of thiocarbonyl (C=S) groups is 1. The molecule has 0 heterocycles. The average molecular weight is 265 g/mol. The van der Waals surface area contributed by atoms with Crippen LogP contribution in [0.5, 0.6) is 0 Å². The molecule has 16 heavy (non-hydrogen) atoms. The number of primary sulfonamides is 1. The van der Waals surface area contributed by atoms with Gasteiger partial charge in [-0.2, -0.15) is 0 Å². The molecular weight excluding hydrogens is 250 g/mol. The third kappa shape index (κ3) is 2.89. The summed E-state index contributed by atoms with van der Waals surface area (Å²) in [6.45, 7) is -0.0119. The molecule has 0 aromatic rings. The lowest BCUT2D eigenvalue weighted by molar-refractivity contribution is -0.130. The zero-order chi connectivity index (χ0) is 12.4. The second-order valence-electron chi connectivity index (χ2n) is 3.92. The van der Waals surface area contributed by atoms with Gasteiger partial charge in [-0.1, -0.05) is 18.6 Å². The van der Waals surface area contributed by atoms with Crippen molar-refractivity contribution in [2.24, 2.45) is 16.3 Å². The van der Waals surface area contributed by atoms with E-state index in [-0.39, 0.29) is 23.2 Å².